The lowest BCUT2D eigenvalue weighted by molar-refractivity contribution is -0.0618. The minimum Gasteiger partial charge on any atom is -0.367 e. The monoisotopic (exact) mass is 372 g/mol. The van der Waals surface area contributed by atoms with Gasteiger partial charge in [0, 0.05) is 17.5 Å². The van der Waals surface area contributed by atoms with Crippen molar-refractivity contribution in [3.63, 3.8) is 0 Å². The van der Waals surface area contributed by atoms with Crippen molar-refractivity contribution in [2.75, 3.05) is 0 Å². The average molecular weight is 372 g/mol. The van der Waals surface area contributed by atoms with Crippen molar-refractivity contribution in [3.8, 4) is 0 Å². The Hall–Kier alpha value is -2.32. The molecule has 7 heteroatoms. The van der Waals surface area contributed by atoms with E-state index in [2.05, 4.69) is 9.71 Å². The van der Waals surface area contributed by atoms with E-state index in [1.165, 1.54) is 12.1 Å². The third-order valence-corrected chi connectivity index (χ3v) is 5.59. The van der Waals surface area contributed by atoms with Gasteiger partial charge in [-0.25, -0.2) is 13.1 Å². The minimum absolute atomic E-state index is 0.0492. The van der Waals surface area contributed by atoms with Crippen LogP contribution in [0.3, 0.4) is 0 Å². The first-order valence-corrected chi connectivity index (χ1v) is 9.63. The van der Waals surface area contributed by atoms with Gasteiger partial charge < -0.3 is 10.2 Å². The van der Waals surface area contributed by atoms with Gasteiger partial charge in [-0.15, -0.1) is 0 Å². The van der Waals surface area contributed by atoms with Gasteiger partial charge in [-0.05, 0) is 31.2 Å². The third-order valence-electron chi connectivity index (χ3n) is 4.08. The van der Waals surface area contributed by atoms with Crippen molar-refractivity contribution in [1.82, 2.24) is 9.71 Å². The number of aryl methyl sites for hydroxylation is 1. The SMILES string of the molecule is Cc1ccc(S(=O)(=O)N[C@@H](Cc2ccc3ccccc3n2)C(O)O)cc1. The number of para-hydroxylation sites is 1. The summed E-state index contributed by atoms with van der Waals surface area (Å²) in [6, 6.07) is 16.4. The van der Waals surface area contributed by atoms with E-state index in [1.54, 1.807) is 18.2 Å². The highest BCUT2D eigenvalue weighted by molar-refractivity contribution is 7.89. The van der Waals surface area contributed by atoms with Gasteiger partial charge in [0.15, 0.2) is 6.29 Å². The zero-order valence-electron chi connectivity index (χ0n) is 14.2. The average Bonchev–Trinajstić information content (AvgIpc) is 2.61. The number of aliphatic hydroxyl groups excluding tert-OH is 1. The number of nitrogens with zero attached hydrogens (tertiary/aromatic N) is 1. The van der Waals surface area contributed by atoms with Crippen LogP contribution >= 0.6 is 0 Å². The Morgan fingerprint density at radius 1 is 1.00 bits per heavy atom. The fourth-order valence-electron chi connectivity index (χ4n) is 2.64. The van der Waals surface area contributed by atoms with E-state index in [1.807, 2.05) is 37.3 Å². The predicted molar refractivity (Wildman–Crippen MR) is 99.0 cm³/mol. The molecule has 0 fully saturated rings. The summed E-state index contributed by atoms with van der Waals surface area (Å²) in [4.78, 5) is 4.52. The highest BCUT2D eigenvalue weighted by Crippen LogP contribution is 2.15. The summed E-state index contributed by atoms with van der Waals surface area (Å²) in [5, 5.41) is 20.2. The highest BCUT2D eigenvalue weighted by atomic mass is 32.2. The number of pyridine rings is 1. The predicted octanol–water partition coefficient (Wildman–Crippen LogP) is 1.74. The second kappa shape index (κ2) is 7.51. The summed E-state index contributed by atoms with van der Waals surface area (Å²) >= 11 is 0. The van der Waals surface area contributed by atoms with Gasteiger partial charge in [0.1, 0.15) is 0 Å². The number of aromatic nitrogens is 1. The highest BCUT2D eigenvalue weighted by Gasteiger charge is 2.25. The van der Waals surface area contributed by atoms with Crippen LogP contribution in [-0.2, 0) is 16.4 Å². The third kappa shape index (κ3) is 4.25. The molecule has 0 aliphatic heterocycles. The topological polar surface area (TPSA) is 99.5 Å². The molecule has 1 heterocycles. The van der Waals surface area contributed by atoms with E-state index in [9.17, 15) is 18.6 Å². The second-order valence-corrected chi connectivity index (χ2v) is 7.87. The molecule has 1 aromatic heterocycles. The van der Waals surface area contributed by atoms with Crippen LogP contribution in [0.4, 0.5) is 0 Å². The summed E-state index contributed by atoms with van der Waals surface area (Å²) in [6.45, 7) is 1.86. The van der Waals surface area contributed by atoms with E-state index in [0.717, 1.165) is 16.5 Å². The van der Waals surface area contributed by atoms with E-state index in [4.69, 9.17) is 0 Å². The number of hydrogen-bond acceptors (Lipinski definition) is 5. The number of benzene rings is 2. The molecule has 3 N–H and O–H groups in total. The zero-order chi connectivity index (χ0) is 18.7. The maximum absolute atomic E-state index is 12.5. The van der Waals surface area contributed by atoms with Crippen molar-refractivity contribution in [3.05, 3.63) is 71.9 Å². The van der Waals surface area contributed by atoms with E-state index < -0.39 is 22.4 Å². The molecule has 0 spiro atoms. The van der Waals surface area contributed by atoms with Gasteiger partial charge in [0.25, 0.3) is 0 Å². The summed E-state index contributed by atoms with van der Waals surface area (Å²) in [5.74, 6) is 0. The first-order valence-electron chi connectivity index (χ1n) is 8.15. The summed E-state index contributed by atoms with van der Waals surface area (Å²) in [6.07, 6.45) is -1.81. The summed E-state index contributed by atoms with van der Waals surface area (Å²) in [7, 11) is -3.88. The quantitative estimate of drug-likeness (QED) is 0.573. The summed E-state index contributed by atoms with van der Waals surface area (Å²) < 4.78 is 27.4. The van der Waals surface area contributed by atoms with Gasteiger partial charge in [0.2, 0.25) is 10.0 Å². The Bertz CT molecular complexity index is 1000. The van der Waals surface area contributed by atoms with Crippen LogP contribution in [0.2, 0.25) is 0 Å². The van der Waals surface area contributed by atoms with Crippen molar-refractivity contribution in [1.29, 1.82) is 0 Å². The molecule has 0 amide bonds. The molecule has 0 bridgehead atoms. The van der Waals surface area contributed by atoms with Crippen molar-refractivity contribution in [2.45, 2.75) is 30.6 Å². The molecule has 0 saturated heterocycles. The summed E-state index contributed by atoms with van der Waals surface area (Å²) in [5.41, 5.74) is 2.26. The van der Waals surface area contributed by atoms with Gasteiger partial charge in [-0.2, -0.15) is 0 Å². The minimum atomic E-state index is -3.88. The molecule has 0 radical (unpaired) electrons. The number of sulfonamides is 1. The van der Waals surface area contributed by atoms with Crippen LogP contribution in [0.15, 0.2) is 65.6 Å². The Kier molecular flexibility index (Phi) is 5.33. The van der Waals surface area contributed by atoms with Gasteiger partial charge in [0.05, 0.1) is 16.5 Å². The maximum Gasteiger partial charge on any atom is 0.241 e. The fourth-order valence-corrected chi connectivity index (χ4v) is 3.87. The molecule has 6 nitrogen and oxygen atoms in total. The fraction of sp³-hybridized carbons (Fsp3) is 0.211. The molecule has 3 rings (SSSR count). The molecule has 1 atom stereocenters. The van der Waals surface area contributed by atoms with Gasteiger partial charge in [-0.3, -0.25) is 4.98 Å². The zero-order valence-corrected chi connectivity index (χ0v) is 15.0. The first-order chi connectivity index (χ1) is 12.3. The van der Waals surface area contributed by atoms with E-state index in [0.29, 0.717) is 5.69 Å². The Balaban J connectivity index is 1.83. The first kappa shape index (κ1) is 18.5. The Morgan fingerprint density at radius 3 is 2.38 bits per heavy atom. The normalized spacial score (nSPS) is 13.2. The van der Waals surface area contributed by atoms with Crippen molar-refractivity contribution in [2.24, 2.45) is 0 Å². The number of fused-ring (bicyclic) bond motifs is 1. The lowest BCUT2D eigenvalue weighted by Gasteiger charge is -2.20. The Labute approximate surface area is 152 Å². The number of nitrogens with one attached hydrogen (secondary N) is 1. The molecule has 0 saturated carbocycles. The second-order valence-electron chi connectivity index (χ2n) is 6.15. The van der Waals surface area contributed by atoms with Crippen LogP contribution in [0.25, 0.3) is 10.9 Å². The smallest absolute Gasteiger partial charge is 0.241 e. The molecule has 0 aliphatic rings. The molecular formula is C19H20N2O4S. The molecule has 136 valence electrons. The largest absolute Gasteiger partial charge is 0.367 e. The van der Waals surface area contributed by atoms with Crippen molar-refractivity contribution >= 4 is 20.9 Å². The lowest BCUT2D eigenvalue weighted by atomic mass is 10.1. The molecular weight excluding hydrogens is 352 g/mol. The van der Waals surface area contributed by atoms with Gasteiger partial charge in [-0.1, -0.05) is 42.0 Å². The molecule has 3 aromatic rings. The lowest BCUT2D eigenvalue weighted by Crippen LogP contribution is -2.44. The molecule has 2 aromatic carbocycles. The molecule has 26 heavy (non-hydrogen) atoms. The van der Waals surface area contributed by atoms with Gasteiger partial charge >= 0.3 is 0 Å². The number of rotatable bonds is 6. The number of aliphatic hydroxyl groups is 2. The van der Waals surface area contributed by atoms with Crippen LogP contribution in [0.5, 0.6) is 0 Å². The standard InChI is InChI=1S/C19H20N2O4S/c1-13-6-10-16(11-7-13)26(24,25)21-18(19(22)23)12-15-9-8-14-4-2-3-5-17(14)20-15/h2-11,18-19,21-23H,12H2,1H3/t18-/m0/s1. The molecule has 0 aliphatic carbocycles. The van der Waals surface area contributed by atoms with Crippen LogP contribution in [0, 0.1) is 6.92 Å². The van der Waals surface area contributed by atoms with Crippen molar-refractivity contribution < 1.29 is 18.6 Å². The van der Waals surface area contributed by atoms with E-state index in [-0.39, 0.29) is 11.3 Å². The molecule has 0 unspecified atom stereocenters. The van der Waals surface area contributed by atoms with Crippen LogP contribution in [-0.4, -0.2) is 35.9 Å². The van der Waals surface area contributed by atoms with Crippen LogP contribution in [0.1, 0.15) is 11.3 Å². The van der Waals surface area contributed by atoms with Crippen LogP contribution < -0.4 is 4.72 Å². The maximum atomic E-state index is 12.5. The number of hydrogen-bond donors (Lipinski definition) is 3. The van der Waals surface area contributed by atoms with E-state index >= 15 is 0 Å². The Morgan fingerprint density at radius 2 is 1.69 bits per heavy atom.